The van der Waals surface area contributed by atoms with E-state index in [0.29, 0.717) is 23.5 Å². The Bertz CT molecular complexity index is 1320. The molecule has 2 heterocycles. The number of fused-ring (bicyclic) bond motifs is 1. The smallest absolute Gasteiger partial charge is 0.272 e. The van der Waals surface area contributed by atoms with E-state index in [0.717, 1.165) is 69.4 Å². The minimum atomic E-state index is -0.531. The molecule has 3 aromatic rings. The summed E-state index contributed by atoms with van der Waals surface area (Å²) in [5, 5.41) is 11.1. The number of benzene rings is 2. The molecule has 0 atom stereocenters. The molecule has 0 bridgehead atoms. The molecule has 1 amide bonds. The van der Waals surface area contributed by atoms with E-state index in [1.807, 2.05) is 18.2 Å². The van der Waals surface area contributed by atoms with Crippen LogP contribution in [-0.4, -0.2) is 70.7 Å². The third-order valence-corrected chi connectivity index (χ3v) is 7.92. The van der Waals surface area contributed by atoms with E-state index >= 15 is 0 Å². The number of hydrogen-bond acceptors (Lipinski definition) is 5. The number of H-pyrrole nitrogens is 1. The van der Waals surface area contributed by atoms with Gasteiger partial charge in [-0.2, -0.15) is 5.10 Å². The molecule has 1 radical (unpaired) electrons. The van der Waals surface area contributed by atoms with Crippen LogP contribution in [-0.2, 0) is 6.42 Å². The van der Waals surface area contributed by atoms with E-state index in [2.05, 4.69) is 39.2 Å². The highest BCUT2D eigenvalue weighted by molar-refractivity contribution is 5.95. The van der Waals surface area contributed by atoms with Gasteiger partial charge in [0, 0.05) is 56.6 Å². The fourth-order valence-electron chi connectivity index (χ4n) is 5.94. The molecule has 2 aromatic carbocycles. The topological polar surface area (TPSA) is 81.3 Å². The lowest BCUT2D eigenvalue weighted by molar-refractivity contribution is 0.0726. The van der Waals surface area contributed by atoms with Crippen molar-refractivity contribution in [2.75, 3.05) is 32.7 Å². The maximum atomic E-state index is 14.7. The largest absolute Gasteiger partial charge is 0.349 e. The second kappa shape index (κ2) is 11.7. The average molecular weight is 519 g/mol. The summed E-state index contributed by atoms with van der Waals surface area (Å²) in [6, 6.07) is 12.5. The Morgan fingerprint density at radius 1 is 1.03 bits per heavy atom. The molecule has 1 aromatic heterocycles. The third-order valence-electron chi connectivity index (χ3n) is 7.92. The minimum Gasteiger partial charge on any atom is -0.349 e. The molecular weight excluding hydrogens is 481 g/mol. The van der Waals surface area contributed by atoms with Crippen LogP contribution >= 0.6 is 0 Å². The Labute approximate surface area is 223 Å². The van der Waals surface area contributed by atoms with Gasteiger partial charge in [0.1, 0.15) is 5.82 Å². The highest BCUT2D eigenvalue weighted by atomic mass is 19.1. The number of halogens is 1. The Kier molecular flexibility index (Phi) is 8.19. The Balaban J connectivity index is 1.18. The molecule has 1 saturated heterocycles. The molecule has 38 heavy (non-hydrogen) atoms. The quantitative estimate of drug-likeness (QED) is 0.496. The van der Waals surface area contributed by atoms with Gasteiger partial charge in [0.2, 0.25) is 0 Å². The lowest BCUT2D eigenvalue weighted by atomic mass is 9.89. The predicted octanol–water partition coefficient (Wildman–Crippen LogP) is 3.93. The Hall–Kier alpha value is -3.10. The number of nitrogens with one attached hydrogen (secondary N) is 2. The summed E-state index contributed by atoms with van der Waals surface area (Å²) in [6.45, 7) is 9.90. The molecule has 5 rings (SSSR count). The van der Waals surface area contributed by atoms with E-state index in [-0.39, 0.29) is 23.1 Å². The summed E-state index contributed by atoms with van der Waals surface area (Å²) >= 11 is 0. The number of hydrogen-bond donors (Lipinski definition) is 2. The highest BCUT2D eigenvalue weighted by Crippen LogP contribution is 2.25. The van der Waals surface area contributed by atoms with Crippen LogP contribution in [0.1, 0.15) is 61.1 Å². The number of carbonyl (C=O) groups is 1. The van der Waals surface area contributed by atoms with Crippen LogP contribution in [0.2, 0.25) is 0 Å². The predicted molar refractivity (Wildman–Crippen MR) is 148 cm³/mol. The van der Waals surface area contributed by atoms with E-state index in [1.54, 1.807) is 18.2 Å². The van der Waals surface area contributed by atoms with Crippen molar-refractivity contribution < 1.29 is 9.18 Å². The molecule has 2 fully saturated rings. The zero-order valence-corrected chi connectivity index (χ0v) is 22.3. The van der Waals surface area contributed by atoms with Gasteiger partial charge in [-0.05, 0) is 55.4 Å². The Morgan fingerprint density at radius 3 is 2.45 bits per heavy atom. The number of aromatic nitrogens is 2. The molecule has 0 unspecified atom stereocenters. The van der Waals surface area contributed by atoms with Gasteiger partial charge in [0.15, 0.2) is 0 Å². The SMILES string of the molecule is C[C](C)CN1CCN(C2CCC(NC(=O)c3cc(Cc4n[nH]c(=O)c5ccccc45)ccc3F)CC2)CC1. The van der Waals surface area contributed by atoms with Gasteiger partial charge in [-0.1, -0.05) is 38.1 Å². The first-order chi connectivity index (χ1) is 18.4. The van der Waals surface area contributed by atoms with E-state index < -0.39 is 5.82 Å². The first-order valence-electron chi connectivity index (χ1n) is 13.7. The van der Waals surface area contributed by atoms with Crippen LogP contribution in [0.15, 0.2) is 47.3 Å². The average Bonchev–Trinajstić information content (AvgIpc) is 2.92. The van der Waals surface area contributed by atoms with Gasteiger partial charge in [0.25, 0.3) is 11.5 Å². The highest BCUT2D eigenvalue weighted by Gasteiger charge is 2.29. The molecule has 2 N–H and O–H groups in total. The molecule has 1 saturated carbocycles. The van der Waals surface area contributed by atoms with Crippen molar-refractivity contribution in [2.45, 2.75) is 58.0 Å². The van der Waals surface area contributed by atoms with Crippen molar-refractivity contribution in [3.8, 4) is 0 Å². The fraction of sp³-hybridized carbons (Fsp3) is 0.467. The molecule has 201 valence electrons. The van der Waals surface area contributed by atoms with Gasteiger partial charge in [0.05, 0.1) is 16.6 Å². The summed E-state index contributed by atoms with van der Waals surface area (Å²) in [5.74, 6) is 0.557. The second-order valence-corrected chi connectivity index (χ2v) is 11.0. The lowest BCUT2D eigenvalue weighted by Crippen LogP contribution is -2.52. The van der Waals surface area contributed by atoms with E-state index in [4.69, 9.17) is 0 Å². The van der Waals surface area contributed by atoms with Crippen molar-refractivity contribution in [3.05, 3.63) is 81.4 Å². The molecule has 8 heteroatoms. The maximum Gasteiger partial charge on any atom is 0.272 e. The summed E-state index contributed by atoms with van der Waals surface area (Å²) in [5.41, 5.74) is 1.25. The van der Waals surface area contributed by atoms with Crippen molar-refractivity contribution in [1.82, 2.24) is 25.3 Å². The van der Waals surface area contributed by atoms with Gasteiger partial charge in [-0.15, -0.1) is 0 Å². The number of piperazine rings is 1. The molecular formula is C30H37FN5O2. The molecule has 7 nitrogen and oxygen atoms in total. The zero-order valence-electron chi connectivity index (χ0n) is 22.3. The number of rotatable bonds is 7. The van der Waals surface area contributed by atoms with Crippen LogP contribution in [0.4, 0.5) is 4.39 Å². The van der Waals surface area contributed by atoms with Crippen LogP contribution in [0.3, 0.4) is 0 Å². The molecule has 1 aliphatic carbocycles. The van der Waals surface area contributed by atoms with Crippen LogP contribution in [0, 0.1) is 11.7 Å². The number of aromatic amines is 1. The van der Waals surface area contributed by atoms with Crippen molar-refractivity contribution in [1.29, 1.82) is 0 Å². The third kappa shape index (κ3) is 6.13. The van der Waals surface area contributed by atoms with E-state index in [1.165, 1.54) is 12.0 Å². The first kappa shape index (κ1) is 26.5. The van der Waals surface area contributed by atoms with Crippen molar-refractivity contribution in [3.63, 3.8) is 0 Å². The standard InChI is InChI=1S/C30H37FN5O2/c1-20(2)19-35-13-15-36(16-14-35)23-10-8-22(9-11-23)32-29(37)26-17-21(7-12-27(26)31)18-28-24-5-3-4-6-25(24)30(38)34-33-28/h3-7,12,17,22-23H,8-11,13-16,18-19H2,1-2H3,(H,32,37)(H,34,38). The number of amides is 1. The van der Waals surface area contributed by atoms with Gasteiger partial charge in [-0.3, -0.25) is 14.5 Å². The molecule has 0 spiro atoms. The zero-order chi connectivity index (χ0) is 26.6. The van der Waals surface area contributed by atoms with Crippen molar-refractivity contribution in [2.24, 2.45) is 0 Å². The summed E-state index contributed by atoms with van der Waals surface area (Å²) in [4.78, 5) is 30.3. The lowest BCUT2D eigenvalue weighted by Gasteiger charge is -2.42. The van der Waals surface area contributed by atoms with Gasteiger partial charge in [-0.25, -0.2) is 9.49 Å². The Morgan fingerprint density at radius 2 is 1.74 bits per heavy atom. The number of carbonyl (C=O) groups excluding carboxylic acids is 1. The first-order valence-corrected chi connectivity index (χ1v) is 13.7. The van der Waals surface area contributed by atoms with Crippen LogP contribution in [0.5, 0.6) is 0 Å². The summed E-state index contributed by atoms with van der Waals surface area (Å²) in [7, 11) is 0. The van der Waals surface area contributed by atoms with Crippen LogP contribution in [0.25, 0.3) is 10.8 Å². The molecule has 2 aliphatic rings. The van der Waals surface area contributed by atoms with E-state index in [9.17, 15) is 14.0 Å². The monoisotopic (exact) mass is 518 g/mol. The normalized spacial score (nSPS) is 21.2. The van der Waals surface area contributed by atoms with Gasteiger partial charge < -0.3 is 10.2 Å². The van der Waals surface area contributed by atoms with Gasteiger partial charge >= 0.3 is 0 Å². The summed E-state index contributed by atoms with van der Waals surface area (Å²) in [6.07, 6.45) is 4.31. The maximum absolute atomic E-state index is 14.7. The fourth-order valence-corrected chi connectivity index (χ4v) is 5.94. The number of nitrogens with zero attached hydrogens (tertiary/aromatic N) is 3. The van der Waals surface area contributed by atoms with Crippen LogP contribution < -0.4 is 10.9 Å². The second-order valence-electron chi connectivity index (χ2n) is 11.0. The summed E-state index contributed by atoms with van der Waals surface area (Å²) < 4.78 is 14.7. The van der Waals surface area contributed by atoms with Crippen molar-refractivity contribution >= 4 is 16.7 Å². The molecule has 1 aliphatic heterocycles. The minimum absolute atomic E-state index is 0.0532.